The molecule has 2 aromatic carbocycles. The summed E-state index contributed by atoms with van der Waals surface area (Å²) in [4.78, 5) is 12.7. The molecule has 0 amide bonds. The largest absolute Gasteiger partial charge is 0.511 e. The molecule has 0 spiro atoms. The summed E-state index contributed by atoms with van der Waals surface area (Å²) in [6, 6.07) is 11.9. The maximum Gasteiger partial charge on any atom is 0.163 e. The summed E-state index contributed by atoms with van der Waals surface area (Å²) < 4.78 is 5.48. The van der Waals surface area contributed by atoms with Crippen molar-refractivity contribution in [3.8, 4) is 11.1 Å². The predicted molar refractivity (Wildman–Crippen MR) is 124 cm³/mol. The van der Waals surface area contributed by atoms with Crippen LogP contribution in [0.25, 0.3) is 16.7 Å². The number of aryl methyl sites for hydroxylation is 2. The van der Waals surface area contributed by atoms with Gasteiger partial charge in [0.2, 0.25) is 0 Å². The third-order valence-corrected chi connectivity index (χ3v) is 6.78. The van der Waals surface area contributed by atoms with E-state index >= 15 is 0 Å². The second-order valence-electron chi connectivity index (χ2n) is 8.76. The molecule has 3 rings (SSSR count). The van der Waals surface area contributed by atoms with E-state index in [4.69, 9.17) is 16.3 Å². The molecule has 2 aromatic rings. The van der Waals surface area contributed by atoms with Crippen LogP contribution in [0.2, 0.25) is 5.02 Å². The van der Waals surface area contributed by atoms with Gasteiger partial charge in [0.15, 0.2) is 5.78 Å². The normalized spacial score (nSPS) is 22.5. The monoisotopic (exact) mass is 426 g/mol. The highest BCUT2D eigenvalue weighted by molar-refractivity contribution is 6.30. The molecule has 3 nitrogen and oxygen atoms in total. The number of rotatable bonds is 5. The van der Waals surface area contributed by atoms with Crippen LogP contribution >= 0.6 is 11.6 Å². The Morgan fingerprint density at radius 1 is 1.10 bits per heavy atom. The fourth-order valence-electron chi connectivity index (χ4n) is 4.51. The van der Waals surface area contributed by atoms with E-state index in [0.717, 1.165) is 53.5 Å². The Kier molecular flexibility index (Phi) is 6.74. The molecule has 0 atom stereocenters. The van der Waals surface area contributed by atoms with Crippen molar-refractivity contribution in [2.24, 2.45) is 5.41 Å². The molecule has 1 saturated carbocycles. The highest BCUT2D eigenvalue weighted by Crippen LogP contribution is 2.45. The summed E-state index contributed by atoms with van der Waals surface area (Å²) in [6.45, 7) is 7.63. The maximum atomic E-state index is 12.7. The zero-order valence-electron chi connectivity index (χ0n) is 18.5. The van der Waals surface area contributed by atoms with Gasteiger partial charge in [-0.1, -0.05) is 42.8 Å². The summed E-state index contributed by atoms with van der Waals surface area (Å²) in [5, 5.41) is 12.0. The van der Waals surface area contributed by atoms with Crippen molar-refractivity contribution in [1.82, 2.24) is 0 Å². The highest BCUT2D eigenvalue weighted by atomic mass is 35.5. The number of halogens is 1. The van der Waals surface area contributed by atoms with Gasteiger partial charge in [-0.3, -0.25) is 4.79 Å². The van der Waals surface area contributed by atoms with E-state index < -0.39 is 5.41 Å². The highest BCUT2D eigenvalue weighted by Gasteiger charge is 2.37. The number of carbonyl (C=O) groups excluding carboxylic acids is 1. The van der Waals surface area contributed by atoms with Crippen LogP contribution in [-0.4, -0.2) is 24.1 Å². The number of methoxy groups -OCH3 is 1. The number of benzene rings is 2. The van der Waals surface area contributed by atoms with Gasteiger partial charge in [0.25, 0.3) is 0 Å². The molecule has 1 fully saturated rings. The first-order chi connectivity index (χ1) is 14.2. The Hall–Kier alpha value is -2.10. The maximum absolute atomic E-state index is 12.7. The van der Waals surface area contributed by atoms with Crippen molar-refractivity contribution in [2.45, 2.75) is 59.5 Å². The quantitative estimate of drug-likeness (QED) is 0.410. The minimum atomic E-state index is -0.411. The van der Waals surface area contributed by atoms with Gasteiger partial charge < -0.3 is 9.84 Å². The Balaban J connectivity index is 2.06. The van der Waals surface area contributed by atoms with Crippen LogP contribution in [0.15, 0.2) is 42.2 Å². The summed E-state index contributed by atoms with van der Waals surface area (Å²) in [6.07, 6.45) is 3.60. The SMILES string of the molecule is COC1CCC(C)(/C(O)=C(\C(C)=O)c2cc(C)c(-c3ccc(Cl)cc3)cc2C)CC1. The Labute approximate surface area is 184 Å². The van der Waals surface area contributed by atoms with Crippen LogP contribution in [0.5, 0.6) is 0 Å². The molecule has 0 unspecified atom stereocenters. The van der Waals surface area contributed by atoms with Gasteiger partial charge in [0.1, 0.15) is 5.76 Å². The lowest BCUT2D eigenvalue weighted by atomic mass is 9.71. The van der Waals surface area contributed by atoms with E-state index in [9.17, 15) is 9.90 Å². The van der Waals surface area contributed by atoms with Crippen LogP contribution in [0.1, 0.15) is 56.2 Å². The number of hydrogen-bond acceptors (Lipinski definition) is 3. The Bertz CT molecular complexity index is 965. The smallest absolute Gasteiger partial charge is 0.163 e. The van der Waals surface area contributed by atoms with Crippen molar-refractivity contribution in [2.75, 3.05) is 7.11 Å². The molecule has 0 aliphatic heterocycles. The van der Waals surface area contributed by atoms with Gasteiger partial charge in [-0.15, -0.1) is 0 Å². The standard InChI is InChI=1S/C26H31ClO3/c1-16-15-23(17(2)14-22(16)19-6-8-20(27)9-7-19)24(18(3)28)25(29)26(4)12-10-21(30-5)11-13-26/h6-9,14-15,21,29H,10-13H2,1-5H3/b25-24-. The number of allylic oxidation sites excluding steroid dienone is 2. The lowest BCUT2D eigenvalue weighted by Gasteiger charge is -2.37. The number of aliphatic hydroxyl groups is 1. The van der Waals surface area contributed by atoms with Gasteiger partial charge in [-0.05, 0) is 86.4 Å². The number of aliphatic hydroxyl groups excluding tert-OH is 1. The van der Waals surface area contributed by atoms with Gasteiger partial charge in [-0.25, -0.2) is 0 Å². The van der Waals surface area contributed by atoms with Crippen molar-refractivity contribution in [1.29, 1.82) is 0 Å². The minimum Gasteiger partial charge on any atom is -0.511 e. The van der Waals surface area contributed by atoms with Crippen molar-refractivity contribution >= 4 is 23.0 Å². The molecule has 0 bridgehead atoms. The van der Waals surface area contributed by atoms with E-state index in [1.807, 2.05) is 44.2 Å². The minimum absolute atomic E-state index is 0.107. The third-order valence-electron chi connectivity index (χ3n) is 6.53. The molecule has 30 heavy (non-hydrogen) atoms. The molecule has 4 heteroatoms. The first-order valence-corrected chi connectivity index (χ1v) is 10.9. The number of ether oxygens (including phenoxy) is 1. The van der Waals surface area contributed by atoms with Gasteiger partial charge in [0.05, 0.1) is 11.7 Å². The molecule has 1 aliphatic carbocycles. The molecule has 160 valence electrons. The van der Waals surface area contributed by atoms with Crippen molar-refractivity contribution in [3.05, 3.63) is 63.9 Å². The number of carbonyl (C=O) groups is 1. The molecule has 1 N–H and O–H groups in total. The van der Waals surface area contributed by atoms with E-state index in [2.05, 4.69) is 13.0 Å². The molecule has 0 heterocycles. The van der Waals surface area contributed by atoms with Crippen LogP contribution in [-0.2, 0) is 9.53 Å². The number of hydrogen-bond donors (Lipinski definition) is 1. The molecule has 0 aromatic heterocycles. The first kappa shape index (κ1) is 22.6. The molecular formula is C26H31ClO3. The van der Waals surface area contributed by atoms with Crippen molar-refractivity contribution in [3.63, 3.8) is 0 Å². The molecule has 0 radical (unpaired) electrons. The van der Waals surface area contributed by atoms with Crippen LogP contribution in [0, 0.1) is 19.3 Å². The second-order valence-corrected chi connectivity index (χ2v) is 9.20. The van der Waals surface area contributed by atoms with Crippen molar-refractivity contribution < 1.29 is 14.6 Å². The van der Waals surface area contributed by atoms with E-state index in [-0.39, 0.29) is 17.6 Å². The number of Topliss-reactive ketones (excluding diaryl/α,β-unsaturated/α-hetero) is 1. The van der Waals surface area contributed by atoms with E-state index in [1.165, 1.54) is 6.92 Å². The first-order valence-electron chi connectivity index (χ1n) is 10.5. The average molecular weight is 427 g/mol. The zero-order chi connectivity index (χ0) is 22.1. The van der Waals surface area contributed by atoms with Crippen LogP contribution in [0.4, 0.5) is 0 Å². The molecule has 1 aliphatic rings. The van der Waals surface area contributed by atoms with Gasteiger partial charge in [0, 0.05) is 17.5 Å². The fraction of sp³-hybridized carbons (Fsp3) is 0.423. The summed E-state index contributed by atoms with van der Waals surface area (Å²) in [5.74, 6) is 0.107. The van der Waals surface area contributed by atoms with E-state index in [1.54, 1.807) is 7.11 Å². The predicted octanol–water partition coefficient (Wildman–Crippen LogP) is 7.08. The third kappa shape index (κ3) is 4.48. The van der Waals surface area contributed by atoms with Gasteiger partial charge in [-0.2, -0.15) is 0 Å². The Morgan fingerprint density at radius 2 is 1.70 bits per heavy atom. The van der Waals surface area contributed by atoms with E-state index in [0.29, 0.717) is 10.6 Å². The Morgan fingerprint density at radius 3 is 2.23 bits per heavy atom. The molecular weight excluding hydrogens is 396 g/mol. The zero-order valence-corrected chi connectivity index (χ0v) is 19.3. The number of ketones is 1. The summed E-state index contributed by atoms with van der Waals surface area (Å²) in [5.41, 5.74) is 5.04. The lowest BCUT2D eigenvalue weighted by Crippen LogP contribution is -2.31. The summed E-state index contributed by atoms with van der Waals surface area (Å²) >= 11 is 6.03. The molecule has 0 saturated heterocycles. The van der Waals surface area contributed by atoms with Crippen LogP contribution in [0.3, 0.4) is 0 Å². The average Bonchev–Trinajstić information content (AvgIpc) is 2.71. The lowest BCUT2D eigenvalue weighted by molar-refractivity contribution is -0.112. The van der Waals surface area contributed by atoms with Gasteiger partial charge >= 0.3 is 0 Å². The fourth-order valence-corrected chi connectivity index (χ4v) is 4.64. The van der Waals surface area contributed by atoms with Crippen LogP contribution < -0.4 is 0 Å². The second kappa shape index (κ2) is 8.95. The summed E-state index contributed by atoms with van der Waals surface area (Å²) in [7, 11) is 1.73. The topological polar surface area (TPSA) is 46.5 Å².